The van der Waals surface area contributed by atoms with Crippen LogP contribution in [0.2, 0.25) is 0 Å². The molecule has 2 heteroatoms. The van der Waals surface area contributed by atoms with Gasteiger partial charge in [0.05, 0.1) is 12.0 Å². The molecule has 1 aromatic rings. The topological polar surface area (TPSA) is 33.1 Å². The molecule has 0 saturated heterocycles. The quantitative estimate of drug-likeness (QED) is 0.575. The van der Waals surface area contributed by atoms with Crippen LogP contribution in [0.25, 0.3) is 0 Å². The molecule has 1 fully saturated rings. The van der Waals surface area contributed by atoms with Gasteiger partial charge in [0.1, 0.15) is 0 Å². The molecule has 2 nitrogen and oxygen atoms in total. The third-order valence-corrected chi connectivity index (χ3v) is 2.80. The van der Waals surface area contributed by atoms with Crippen molar-refractivity contribution in [3.8, 4) is 0 Å². The predicted octanol–water partition coefficient (Wildman–Crippen LogP) is 2.73. The van der Waals surface area contributed by atoms with Crippen molar-refractivity contribution < 1.29 is 4.74 Å². The second kappa shape index (κ2) is 3.45. The molecule has 14 heavy (non-hydrogen) atoms. The molecule has 0 heterocycles. The molecule has 0 atom stereocenters. The SMILES string of the molecule is CCOC(=N)C1(c2ccccc2)CC1. The Kier molecular flexibility index (Phi) is 2.28. The third kappa shape index (κ3) is 1.41. The molecular formula is C12H15NO. The molecular weight excluding hydrogens is 174 g/mol. The van der Waals surface area contributed by atoms with E-state index < -0.39 is 0 Å². The lowest BCUT2D eigenvalue weighted by atomic mass is 9.96. The molecule has 1 saturated carbocycles. The highest BCUT2D eigenvalue weighted by Gasteiger charge is 2.49. The number of nitrogens with one attached hydrogen (secondary N) is 1. The van der Waals surface area contributed by atoms with Crippen molar-refractivity contribution in [2.24, 2.45) is 0 Å². The molecule has 0 amide bonds. The molecule has 0 bridgehead atoms. The molecule has 74 valence electrons. The van der Waals surface area contributed by atoms with Gasteiger partial charge in [-0.1, -0.05) is 30.3 Å². The van der Waals surface area contributed by atoms with Crippen molar-refractivity contribution in [1.29, 1.82) is 5.41 Å². The predicted molar refractivity (Wildman–Crippen MR) is 56.7 cm³/mol. The van der Waals surface area contributed by atoms with Gasteiger partial charge in [0.15, 0.2) is 5.90 Å². The van der Waals surface area contributed by atoms with E-state index in [-0.39, 0.29) is 5.41 Å². The van der Waals surface area contributed by atoms with Crippen LogP contribution in [0, 0.1) is 5.41 Å². The Balaban J connectivity index is 2.21. The van der Waals surface area contributed by atoms with Crippen LogP contribution in [0.3, 0.4) is 0 Å². The molecule has 0 radical (unpaired) electrons. The van der Waals surface area contributed by atoms with Crippen molar-refractivity contribution in [1.82, 2.24) is 0 Å². The Morgan fingerprint density at radius 1 is 1.36 bits per heavy atom. The van der Waals surface area contributed by atoms with Crippen LogP contribution in [0.15, 0.2) is 30.3 Å². The van der Waals surface area contributed by atoms with Crippen molar-refractivity contribution in [2.45, 2.75) is 25.2 Å². The summed E-state index contributed by atoms with van der Waals surface area (Å²) >= 11 is 0. The van der Waals surface area contributed by atoms with Gasteiger partial charge < -0.3 is 4.74 Å². The fraction of sp³-hybridized carbons (Fsp3) is 0.417. The van der Waals surface area contributed by atoms with Crippen LogP contribution in [-0.2, 0) is 10.2 Å². The summed E-state index contributed by atoms with van der Waals surface area (Å²) in [4.78, 5) is 0. The fourth-order valence-corrected chi connectivity index (χ4v) is 1.81. The fourth-order valence-electron chi connectivity index (χ4n) is 1.81. The molecule has 0 aromatic heterocycles. The normalized spacial score (nSPS) is 17.5. The van der Waals surface area contributed by atoms with Crippen LogP contribution < -0.4 is 0 Å². The largest absolute Gasteiger partial charge is 0.481 e. The van der Waals surface area contributed by atoms with E-state index >= 15 is 0 Å². The average Bonchev–Trinajstić information content (AvgIpc) is 3.00. The number of ether oxygens (including phenoxy) is 1. The zero-order valence-corrected chi connectivity index (χ0v) is 8.42. The van der Waals surface area contributed by atoms with Gasteiger partial charge >= 0.3 is 0 Å². The Morgan fingerprint density at radius 3 is 2.50 bits per heavy atom. The highest BCUT2D eigenvalue weighted by molar-refractivity contribution is 5.88. The number of benzene rings is 1. The molecule has 1 aliphatic rings. The number of hydrogen-bond donors (Lipinski definition) is 1. The summed E-state index contributed by atoms with van der Waals surface area (Å²) in [5.41, 5.74) is 1.13. The summed E-state index contributed by atoms with van der Waals surface area (Å²) in [5.74, 6) is 0.436. The van der Waals surface area contributed by atoms with Gasteiger partial charge in [-0.15, -0.1) is 0 Å². The first-order chi connectivity index (χ1) is 6.79. The standard InChI is InChI=1S/C12H15NO/c1-2-14-11(13)12(8-9-12)10-6-4-3-5-7-10/h3-7,13H,2,8-9H2,1H3. The van der Waals surface area contributed by atoms with Crippen LogP contribution in [0.1, 0.15) is 25.3 Å². The third-order valence-electron chi connectivity index (χ3n) is 2.80. The summed E-state index contributed by atoms with van der Waals surface area (Å²) in [6.45, 7) is 2.52. The molecule has 1 N–H and O–H groups in total. The van der Waals surface area contributed by atoms with Gasteiger partial charge in [0.2, 0.25) is 0 Å². The van der Waals surface area contributed by atoms with Gasteiger partial charge in [-0.05, 0) is 25.3 Å². The van der Waals surface area contributed by atoms with Gasteiger partial charge in [0.25, 0.3) is 0 Å². The van der Waals surface area contributed by atoms with E-state index in [4.69, 9.17) is 10.1 Å². The Bertz CT molecular complexity index is 327. The van der Waals surface area contributed by atoms with Gasteiger partial charge in [-0.3, -0.25) is 5.41 Å². The Labute approximate surface area is 84.4 Å². The van der Waals surface area contributed by atoms with Gasteiger partial charge in [-0.2, -0.15) is 0 Å². The lowest BCUT2D eigenvalue weighted by Crippen LogP contribution is -2.22. The van der Waals surface area contributed by atoms with E-state index in [1.165, 1.54) is 5.56 Å². The maximum absolute atomic E-state index is 7.87. The van der Waals surface area contributed by atoms with E-state index in [0.29, 0.717) is 12.5 Å². The number of rotatable bonds is 3. The summed E-state index contributed by atoms with van der Waals surface area (Å²) in [5, 5.41) is 7.87. The summed E-state index contributed by atoms with van der Waals surface area (Å²) in [6.07, 6.45) is 2.10. The lowest BCUT2D eigenvalue weighted by Gasteiger charge is -2.16. The van der Waals surface area contributed by atoms with Crippen LogP contribution in [-0.4, -0.2) is 12.5 Å². The first-order valence-corrected chi connectivity index (χ1v) is 5.07. The number of hydrogen-bond acceptors (Lipinski definition) is 2. The molecule has 0 spiro atoms. The first-order valence-electron chi connectivity index (χ1n) is 5.07. The first kappa shape index (κ1) is 9.25. The van der Waals surface area contributed by atoms with E-state index in [1.807, 2.05) is 25.1 Å². The average molecular weight is 189 g/mol. The van der Waals surface area contributed by atoms with E-state index in [0.717, 1.165) is 12.8 Å². The molecule has 0 unspecified atom stereocenters. The zero-order valence-electron chi connectivity index (χ0n) is 8.42. The van der Waals surface area contributed by atoms with E-state index in [1.54, 1.807) is 0 Å². The van der Waals surface area contributed by atoms with Crippen LogP contribution >= 0.6 is 0 Å². The van der Waals surface area contributed by atoms with E-state index in [9.17, 15) is 0 Å². The molecule has 0 aliphatic heterocycles. The lowest BCUT2D eigenvalue weighted by molar-refractivity contribution is 0.305. The minimum absolute atomic E-state index is 0.0860. The minimum atomic E-state index is -0.0860. The molecule has 2 rings (SSSR count). The monoisotopic (exact) mass is 189 g/mol. The summed E-state index contributed by atoms with van der Waals surface area (Å²) < 4.78 is 5.31. The minimum Gasteiger partial charge on any atom is -0.481 e. The second-order valence-electron chi connectivity index (χ2n) is 3.71. The molecule has 1 aromatic carbocycles. The smallest absolute Gasteiger partial charge is 0.191 e. The highest BCUT2D eigenvalue weighted by Crippen LogP contribution is 2.49. The van der Waals surface area contributed by atoms with E-state index in [2.05, 4.69) is 12.1 Å². The zero-order chi connectivity index (χ0) is 10.0. The van der Waals surface area contributed by atoms with Crippen molar-refractivity contribution in [3.05, 3.63) is 35.9 Å². The van der Waals surface area contributed by atoms with Crippen molar-refractivity contribution in [2.75, 3.05) is 6.61 Å². The van der Waals surface area contributed by atoms with Gasteiger partial charge in [-0.25, -0.2) is 0 Å². The second-order valence-corrected chi connectivity index (χ2v) is 3.71. The maximum atomic E-state index is 7.87. The van der Waals surface area contributed by atoms with Crippen molar-refractivity contribution in [3.63, 3.8) is 0 Å². The molecule has 1 aliphatic carbocycles. The maximum Gasteiger partial charge on any atom is 0.191 e. The Morgan fingerprint density at radius 2 is 2.00 bits per heavy atom. The highest BCUT2D eigenvalue weighted by atomic mass is 16.5. The summed E-state index contributed by atoms with van der Waals surface area (Å²) in [7, 11) is 0. The van der Waals surface area contributed by atoms with Gasteiger partial charge in [0, 0.05) is 0 Å². The van der Waals surface area contributed by atoms with Crippen LogP contribution in [0.4, 0.5) is 0 Å². The van der Waals surface area contributed by atoms with Crippen LogP contribution in [0.5, 0.6) is 0 Å². The summed E-state index contributed by atoms with van der Waals surface area (Å²) in [6, 6.07) is 10.2. The Hall–Kier alpha value is -1.31. The van der Waals surface area contributed by atoms with Crippen molar-refractivity contribution >= 4 is 5.90 Å².